The Balaban J connectivity index is 0.000000248. The van der Waals surface area contributed by atoms with Crippen molar-refractivity contribution < 1.29 is 69.1 Å². The number of anilines is 2. The lowest BCUT2D eigenvalue weighted by Gasteiger charge is -2.43. The Hall–Kier alpha value is -4.50. The molecule has 32 nitrogen and oxygen atoms in total. The van der Waals surface area contributed by atoms with Crippen LogP contribution in [0, 0.1) is 21.7 Å². The van der Waals surface area contributed by atoms with Gasteiger partial charge in [0.1, 0.15) is 28.1 Å². The van der Waals surface area contributed by atoms with E-state index in [9.17, 15) is 36.0 Å². The number of H-pyrrole nitrogens is 1. The molecule has 13 rings (SSSR count). The first-order valence-corrected chi connectivity index (χ1v) is 47.1. The number of aromatic amines is 1. The van der Waals surface area contributed by atoms with Gasteiger partial charge < -0.3 is 57.9 Å². The largest absolute Gasteiger partial charge is 0.497 e. The molecule has 8 fully saturated rings. The van der Waals surface area contributed by atoms with Gasteiger partial charge in [0, 0.05) is 60.9 Å². The first-order valence-electron chi connectivity index (χ1n) is 41.3. The van der Waals surface area contributed by atoms with Crippen LogP contribution in [0.5, 0.6) is 5.75 Å². The summed E-state index contributed by atoms with van der Waals surface area (Å²) in [5.74, 6) is 0.921. The van der Waals surface area contributed by atoms with Crippen molar-refractivity contribution in [2.24, 2.45) is 21.7 Å². The summed E-state index contributed by atoms with van der Waals surface area (Å²) < 4.78 is 108. The number of halogens is 3. The van der Waals surface area contributed by atoms with Gasteiger partial charge >= 0.3 is 18.0 Å². The van der Waals surface area contributed by atoms with Crippen LogP contribution in [0.15, 0.2) is 47.7 Å². The maximum absolute atomic E-state index is 12.9. The number of nitrogens with zero attached hydrogens (tertiary/aromatic N) is 10. The molecule has 5 aromatic rings. The number of piperidine rings is 4. The predicted molar refractivity (Wildman–Crippen MR) is 506 cm³/mol. The molecular weight excluding hydrogens is 1800 g/mol. The van der Waals surface area contributed by atoms with Gasteiger partial charge in [0.05, 0.1) is 184 Å². The fraction of sp³-hybridized carbons (Fsp3) is 0.732. The van der Waals surface area contributed by atoms with E-state index in [0.29, 0.717) is 56.4 Å². The van der Waals surface area contributed by atoms with E-state index in [1.807, 2.05) is 142 Å². The summed E-state index contributed by atoms with van der Waals surface area (Å²) in [4.78, 5) is 78.5. The number of hydrogen-bond acceptors (Lipinski definition) is 25. The molecule has 124 heavy (non-hydrogen) atoms. The maximum Gasteiger partial charge on any atom is 0.410 e. The molecule has 12 heterocycles. The molecule has 1 amide bonds. The standard InChI is InChI=1S/C26H36N6O4S.C19H29ClN4O4S.C18H34N2O4S.C13H26N2O2S.C6H4Cl2N2O2.3H2S/c1-17-22(30-37(34)25(2,3)4)26(16-36-17)10-12-31(13-11-26)20-14-27-21-23(28-20)32(29-24(21)33)15-18-6-8-19(35-5)9-7-18;1-12-15(23-29(26)18(2,3)4)19(11-28-12)6-8-24(9-7-19)13-10-21-14(16(20)22-13)17(25)27-5;1-13-14(19-25(22)17(5,6)7)18(12-23-13)8-10-20(11-9-18)15(21)24-16(2,3)4;1-10-11(15-18(16)12(2,3)4)13(9-17-10)5-7-14-8-6-13;1-12-6(11)4-5(8)10-3(7)2-9-4;;;/h6-9,14,17,22,30H,10-13,15-16H2,1-5H3,(H,29,33);10,12,15,23H,6-9,11H2,1-5H3;13-14,19H,8-12H2,1-7H3;10-11,14-15H,5-9H2,1-4H3;2H,1H3;3*1H2/t17-,22+,37-;12-,15+,29-;13-,14+,25-;10-,11+,18-;;;;/m0000..../s1. The number of likely N-dealkylation sites (tertiary alicyclic amines) is 1. The molecule has 8 saturated heterocycles. The molecule has 42 heteroatoms. The van der Waals surface area contributed by atoms with Crippen molar-refractivity contribution in [1.82, 2.24) is 68.8 Å². The van der Waals surface area contributed by atoms with E-state index in [0.717, 1.165) is 114 Å². The van der Waals surface area contributed by atoms with Crippen LogP contribution >= 0.6 is 75.3 Å². The fourth-order valence-electron chi connectivity index (χ4n) is 16.0. The van der Waals surface area contributed by atoms with E-state index in [1.54, 1.807) is 29.1 Å². The second-order valence-corrected chi connectivity index (χ2v) is 46.7. The number of aromatic nitrogens is 8. The lowest BCUT2D eigenvalue weighted by atomic mass is 9.73. The van der Waals surface area contributed by atoms with Crippen molar-refractivity contribution >= 4 is 160 Å². The lowest BCUT2D eigenvalue weighted by molar-refractivity contribution is 0.00644. The van der Waals surface area contributed by atoms with Crippen LogP contribution in [-0.2, 0) is 83.6 Å². The third-order valence-corrected chi connectivity index (χ3v) is 30.5. The van der Waals surface area contributed by atoms with Gasteiger partial charge in [-0.25, -0.2) is 80.0 Å². The van der Waals surface area contributed by atoms with Gasteiger partial charge in [-0.1, -0.05) is 46.9 Å². The number of fused-ring (bicyclic) bond motifs is 1. The highest BCUT2D eigenvalue weighted by Gasteiger charge is 2.55. The Bertz CT molecular complexity index is 4520. The van der Waals surface area contributed by atoms with Gasteiger partial charge in [0.2, 0.25) is 0 Å². The number of nitrogens with one attached hydrogen (secondary N) is 6. The van der Waals surface area contributed by atoms with Crippen molar-refractivity contribution in [3.05, 3.63) is 85.6 Å². The number of rotatable bonds is 15. The van der Waals surface area contributed by atoms with Crippen LogP contribution in [-0.4, -0.2) is 253 Å². The molecule has 0 unspecified atom stereocenters. The summed E-state index contributed by atoms with van der Waals surface area (Å²) in [7, 11) is -0.347. The lowest BCUT2D eigenvalue weighted by Crippen LogP contribution is -2.55. The van der Waals surface area contributed by atoms with Crippen LogP contribution in [0.1, 0.15) is 209 Å². The first kappa shape index (κ1) is 108. The van der Waals surface area contributed by atoms with Crippen LogP contribution in [0.2, 0.25) is 15.5 Å². The molecule has 8 aliphatic rings. The van der Waals surface area contributed by atoms with Gasteiger partial charge in [-0.2, -0.15) is 40.5 Å². The van der Waals surface area contributed by atoms with Gasteiger partial charge in [-0.3, -0.25) is 14.6 Å². The molecule has 4 aromatic heterocycles. The molecule has 6 N–H and O–H groups in total. The van der Waals surface area contributed by atoms with E-state index in [-0.39, 0.29) is 168 Å². The molecule has 1 aromatic carbocycles. The molecular formula is C82H135Cl3N16O16S7. The molecule has 0 aliphatic carbocycles. The average Bonchev–Trinajstić information content (AvgIpc) is 1.78. The van der Waals surface area contributed by atoms with Gasteiger partial charge in [0.25, 0.3) is 5.56 Å². The molecule has 0 saturated carbocycles. The Morgan fingerprint density at radius 3 is 1.19 bits per heavy atom. The fourth-order valence-corrected chi connectivity index (χ4v) is 20.7. The van der Waals surface area contributed by atoms with E-state index in [4.69, 9.17) is 68.2 Å². The van der Waals surface area contributed by atoms with Crippen molar-refractivity contribution in [3.63, 3.8) is 0 Å². The summed E-state index contributed by atoms with van der Waals surface area (Å²) in [5, 5.41) is 6.37. The molecule has 0 radical (unpaired) electrons. The van der Waals surface area contributed by atoms with Crippen molar-refractivity contribution in [2.45, 2.75) is 263 Å². The highest BCUT2D eigenvalue weighted by Crippen LogP contribution is 2.47. The van der Waals surface area contributed by atoms with Crippen LogP contribution < -0.4 is 44.3 Å². The van der Waals surface area contributed by atoms with Crippen molar-refractivity contribution in [3.8, 4) is 5.75 Å². The molecule has 0 bridgehead atoms. The Kier molecular flexibility index (Phi) is 39.4. The van der Waals surface area contributed by atoms with E-state index in [2.05, 4.69) is 87.3 Å². The van der Waals surface area contributed by atoms with Gasteiger partial charge in [0.15, 0.2) is 32.9 Å². The number of methoxy groups -OCH3 is 3. The maximum atomic E-state index is 12.9. The Morgan fingerprint density at radius 2 is 0.847 bits per heavy atom. The summed E-state index contributed by atoms with van der Waals surface area (Å²) in [6.07, 6.45) is 11.8. The molecule has 702 valence electrons. The number of carbonyl (C=O) groups is 3. The monoisotopic (exact) mass is 1930 g/mol. The smallest absolute Gasteiger partial charge is 0.410 e. The van der Waals surface area contributed by atoms with Gasteiger partial charge in [-0.05, 0) is 214 Å². The zero-order chi connectivity index (χ0) is 89.3. The summed E-state index contributed by atoms with van der Waals surface area (Å²) >= 11 is 17.1. The predicted octanol–water partition coefficient (Wildman–Crippen LogP) is 10.9. The molecule has 8 aliphatic heterocycles. The summed E-state index contributed by atoms with van der Waals surface area (Å²) in [5.41, 5.74) is 1.09. The highest BCUT2D eigenvalue weighted by molar-refractivity contribution is 7.85. The Morgan fingerprint density at radius 1 is 0.500 bits per heavy atom. The third kappa shape index (κ3) is 27.3. The minimum Gasteiger partial charge on any atom is -0.497 e. The highest BCUT2D eigenvalue weighted by atomic mass is 35.5. The SMILES string of the molecule is COC(=O)c1ncc(Cl)nc1Cl.COC(=O)c1ncc(N2CCC3(CC2)CO[C@@H](C)[C@H]3N[S@@](=O)C(C)(C)C)nc1Cl.COc1ccc(Cn2[nH]c(=O)c3ncc(N4CCC5(CC4)CO[C@@H](C)[C@H]5N[S@@](=O)C(C)(C)C)nc32)cc1.C[C@@H]1OCC2(CCN(C(=O)OC(C)(C)C)CC2)[C@@H]1N[S@@](=O)C(C)(C)C.C[C@@H]1OCC2(CCNCC2)[C@@H]1N[S@@](=O)C(C)(C)C.S.S.S. The van der Waals surface area contributed by atoms with E-state index < -0.39 is 61.5 Å². The average molecular weight is 1930 g/mol. The van der Waals surface area contributed by atoms with Crippen LogP contribution in [0.3, 0.4) is 0 Å². The van der Waals surface area contributed by atoms with Gasteiger partial charge in [-0.15, -0.1) is 0 Å². The minimum absolute atomic E-state index is 0. The Labute approximate surface area is 777 Å². The number of ether oxygens (including phenoxy) is 8. The van der Waals surface area contributed by atoms with Crippen LogP contribution in [0.4, 0.5) is 16.4 Å². The summed E-state index contributed by atoms with van der Waals surface area (Å²) in [6, 6.07) is 8.02. The zero-order valence-corrected chi connectivity index (χ0v) is 84.3. The van der Waals surface area contributed by atoms with Crippen LogP contribution in [0.25, 0.3) is 11.2 Å². The number of carbonyl (C=O) groups excluding carboxylic acids is 3. The van der Waals surface area contributed by atoms with Crippen molar-refractivity contribution in [1.29, 1.82) is 0 Å². The first-order chi connectivity index (χ1) is 56.5. The summed E-state index contributed by atoms with van der Waals surface area (Å²) in [6.45, 7) is 47.3. The van der Waals surface area contributed by atoms with E-state index in [1.165, 1.54) is 20.4 Å². The second kappa shape index (κ2) is 45.1. The number of benzene rings is 1. The number of hydrogen-bond donors (Lipinski definition) is 6. The molecule has 4 spiro atoms. The minimum atomic E-state index is -1.16. The van der Waals surface area contributed by atoms with Crippen molar-refractivity contribution in [2.75, 3.05) is 110 Å². The van der Waals surface area contributed by atoms with E-state index >= 15 is 0 Å². The topological polar surface area (TPSA) is 378 Å². The quantitative estimate of drug-likeness (QED) is 0.0419. The number of esters is 2. The zero-order valence-electron chi connectivity index (χ0n) is 75.8. The second-order valence-electron chi connectivity index (χ2n) is 37.6. The molecule has 12 atom stereocenters. The third-order valence-electron chi connectivity index (χ3n) is 23.5. The number of amides is 1. The normalized spacial score (nSPS) is 24.2.